The summed E-state index contributed by atoms with van der Waals surface area (Å²) in [5.74, 6) is -0.329. The Balaban J connectivity index is 2.02. The molecule has 0 saturated heterocycles. The van der Waals surface area contributed by atoms with Crippen LogP contribution in [0, 0.1) is 0 Å². The van der Waals surface area contributed by atoms with Gasteiger partial charge in [0.1, 0.15) is 0 Å². The van der Waals surface area contributed by atoms with E-state index >= 15 is 0 Å². The zero-order chi connectivity index (χ0) is 15.2. The highest BCUT2D eigenvalue weighted by molar-refractivity contribution is 5.89. The van der Waals surface area contributed by atoms with Crippen LogP contribution >= 0.6 is 0 Å². The fraction of sp³-hybridized carbons (Fsp3) is 0.500. The van der Waals surface area contributed by atoms with Crippen molar-refractivity contribution in [2.24, 2.45) is 0 Å². The van der Waals surface area contributed by atoms with E-state index in [0.29, 0.717) is 13.1 Å². The van der Waals surface area contributed by atoms with Crippen LogP contribution in [0.1, 0.15) is 30.4 Å². The van der Waals surface area contributed by atoms with Gasteiger partial charge in [0.15, 0.2) is 0 Å². The number of carbonyl (C=O) groups is 2. The van der Waals surface area contributed by atoms with E-state index in [2.05, 4.69) is 10.6 Å². The van der Waals surface area contributed by atoms with Gasteiger partial charge in [-0.05, 0) is 17.5 Å². The number of carbonyl (C=O) groups excluding carboxylic acids is 2. The van der Waals surface area contributed by atoms with Crippen molar-refractivity contribution in [1.82, 2.24) is 15.5 Å². The molecule has 2 N–H and O–H groups in total. The minimum absolute atomic E-state index is 0.0127. The van der Waals surface area contributed by atoms with Crippen LogP contribution in [0.2, 0.25) is 0 Å². The monoisotopic (exact) mass is 289 g/mol. The third-order valence-corrected chi connectivity index (χ3v) is 3.72. The Kier molecular flexibility index (Phi) is 5.33. The lowest BCUT2D eigenvalue weighted by molar-refractivity contribution is -0.136. The molecule has 114 valence electrons. The second-order valence-corrected chi connectivity index (χ2v) is 5.43. The molecule has 0 radical (unpaired) electrons. The molecule has 1 aromatic rings. The van der Waals surface area contributed by atoms with Crippen LogP contribution < -0.4 is 10.6 Å². The van der Waals surface area contributed by atoms with E-state index in [9.17, 15) is 9.59 Å². The number of benzene rings is 1. The molecule has 0 saturated carbocycles. The number of nitrogens with one attached hydrogen (secondary N) is 2. The van der Waals surface area contributed by atoms with Crippen molar-refractivity contribution in [3.63, 3.8) is 0 Å². The Hall–Kier alpha value is -1.88. The SMILES string of the molecule is CCCNC(=O)CN(C)C(=O)C1CNCc2ccccc21. The molecule has 2 rings (SSSR count). The molecule has 0 spiro atoms. The molecule has 1 aromatic carbocycles. The lowest BCUT2D eigenvalue weighted by Gasteiger charge is -2.29. The molecule has 1 atom stereocenters. The number of likely N-dealkylation sites (N-methyl/N-ethyl adjacent to an activating group) is 1. The van der Waals surface area contributed by atoms with Crippen LogP contribution in [0.3, 0.4) is 0 Å². The number of fused-ring (bicyclic) bond motifs is 1. The van der Waals surface area contributed by atoms with E-state index in [1.165, 1.54) is 4.90 Å². The Morgan fingerprint density at radius 3 is 2.90 bits per heavy atom. The fourth-order valence-electron chi connectivity index (χ4n) is 2.60. The zero-order valence-corrected chi connectivity index (χ0v) is 12.7. The molecular formula is C16H23N3O2. The molecule has 1 aliphatic heterocycles. The summed E-state index contributed by atoms with van der Waals surface area (Å²) in [6.45, 7) is 4.17. The molecular weight excluding hydrogens is 266 g/mol. The van der Waals surface area contributed by atoms with E-state index in [-0.39, 0.29) is 24.3 Å². The van der Waals surface area contributed by atoms with Gasteiger partial charge in [0, 0.05) is 26.7 Å². The van der Waals surface area contributed by atoms with Crippen molar-refractivity contribution in [2.75, 3.05) is 26.7 Å². The van der Waals surface area contributed by atoms with Crippen LogP contribution in [0.25, 0.3) is 0 Å². The van der Waals surface area contributed by atoms with Crippen molar-refractivity contribution in [1.29, 1.82) is 0 Å². The maximum absolute atomic E-state index is 12.6. The summed E-state index contributed by atoms with van der Waals surface area (Å²) < 4.78 is 0. The van der Waals surface area contributed by atoms with Crippen LogP contribution in [-0.2, 0) is 16.1 Å². The first-order chi connectivity index (χ1) is 10.1. The lowest BCUT2D eigenvalue weighted by Crippen LogP contribution is -2.44. The van der Waals surface area contributed by atoms with Gasteiger partial charge in [-0.1, -0.05) is 31.2 Å². The maximum Gasteiger partial charge on any atom is 0.239 e. The van der Waals surface area contributed by atoms with Gasteiger partial charge in [0.25, 0.3) is 0 Å². The molecule has 0 fully saturated rings. The van der Waals surface area contributed by atoms with Crippen LogP contribution in [0.4, 0.5) is 0 Å². The Morgan fingerprint density at radius 1 is 1.38 bits per heavy atom. The van der Waals surface area contributed by atoms with Crippen LogP contribution in [0.5, 0.6) is 0 Å². The van der Waals surface area contributed by atoms with E-state index in [4.69, 9.17) is 0 Å². The summed E-state index contributed by atoms with van der Waals surface area (Å²) in [7, 11) is 1.69. The van der Waals surface area contributed by atoms with Crippen molar-refractivity contribution >= 4 is 11.8 Å². The standard InChI is InChI=1S/C16H23N3O2/c1-3-8-18-15(20)11-19(2)16(21)14-10-17-9-12-6-4-5-7-13(12)14/h4-7,14,17H,3,8-11H2,1-2H3,(H,18,20). The molecule has 5 heteroatoms. The van der Waals surface area contributed by atoms with Crippen molar-refractivity contribution in [3.05, 3.63) is 35.4 Å². The third kappa shape index (κ3) is 3.82. The molecule has 0 aromatic heterocycles. The van der Waals surface area contributed by atoms with Gasteiger partial charge in [-0.3, -0.25) is 9.59 Å². The van der Waals surface area contributed by atoms with Crippen molar-refractivity contribution < 1.29 is 9.59 Å². The van der Waals surface area contributed by atoms with Gasteiger partial charge in [0.2, 0.25) is 11.8 Å². The lowest BCUT2D eigenvalue weighted by atomic mass is 9.90. The molecule has 1 unspecified atom stereocenters. The van der Waals surface area contributed by atoms with Crippen molar-refractivity contribution in [3.8, 4) is 0 Å². The first-order valence-electron chi connectivity index (χ1n) is 7.43. The quantitative estimate of drug-likeness (QED) is 0.845. The van der Waals surface area contributed by atoms with E-state index < -0.39 is 0 Å². The van der Waals surface area contributed by atoms with Crippen molar-refractivity contribution in [2.45, 2.75) is 25.8 Å². The van der Waals surface area contributed by atoms with Gasteiger partial charge in [-0.25, -0.2) is 0 Å². The maximum atomic E-state index is 12.6. The van der Waals surface area contributed by atoms with E-state index in [1.807, 2.05) is 31.2 Å². The number of hydrogen-bond acceptors (Lipinski definition) is 3. The second-order valence-electron chi connectivity index (χ2n) is 5.43. The topological polar surface area (TPSA) is 61.4 Å². The highest BCUT2D eigenvalue weighted by Crippen LogP contribution is 2.25. The molecule has 0 bridgehead atoms. The smallest absolute Gasteiger partial charge is 0.239 e. The highest BCUT2D eigenvalue weighted by Gasteiger charge is 2.28. The number of nitrogens with zero attached hydrogens (tertiary/aromatic N) is 1. The average molecular weight is 289 g/mol. The molecule has 21 heavy (non-hydrogen) atoms. The Morgan fingerprint density at radius 2 is 2.14 bits per heavy atom. The van der Waals surface area contributed by atoms with Gasteiger partial charge >= 0.3 is 0 Å². The van der Waals surface area contributed by atoms with Crippen LogP contribution in [-0.4, -0.2) is 43.4 Å². The third-order valence-electron chi connectivity index (χ3n) is 3.72. The number of amides is 2. The van der Waals surface area contributed by atoms with Gasteiger partial charge in [0.05, 0.1) is 12.5 Å². The summed E-state index contributed by atoms with van der Waals surface area (Å²) in [6.07, 6.45) is 0.892. The Labute approximate surface area is 125 Å². The first kappa shape index (κ1) is 15.5. The molecule has 0 aliphatic carbocycles. The summed E-state index contributed by atoms with van der Waals surface area (Å²) >= 11 is 0. The Bertz CT molecular complexity index is 516. The van der Waals surface area contributed by atoms with Gasteiger partial charge < -0.3 is 15.5 Å². The van der Waals surface area contributed by atoms with Gasteiger partial charge in [-0.15, -0.1) is 0 Å². The van der Waals surface area contributed by atoms with E-state index in [1.54, 1.807) is 7.05 Å². The summed E-state index contributed by atoms with van der Waals surface area (Å²) in [6, 6.07) is 7.98. The second kappa shape index (κ2) is 7.22. The van der Waals surface area contributed by atoms with Crippen LogP contribution in [0.15, 0.2) is 24.3 Å². The predicted molar refractivity (Wildman–Crippen MR) is 81.8 cm³/mol. The molecule has 1 heterocycles. The number of rotatable bonds is 5. The zero-order valence-electron chi connectivity index (χ0n) is 12.7. The highest BCUT2D eigenvalue weighted by atomic mass is 16.2. The summed E-state index contributed by atoms with van der Waals surface area (Å²) in [5, 5.41) is 6.06. The largest absolute Gasteiger partial charge is 0.355 e. The first-order valence-corrected chi connectivity index (χ1v) is 7.43. The van der Waals surface area contributed by atoms with E-state index in [0.717, 1.165) is 24.1 Å². The summed E-state index contributed by atoms with van der Waals surface area (Å²) in [5.41, 5.74) is 2.23. The predicted octanol–water partition coefficient (Wildman–Crippen LogP) is 0.858. The summed E-state index contributed by atoms with van der Waals surface area (Å²) in [4.78, 5) is 25.8. The molecule has 5 nitrogen and oxygen atoms in total. The average Bonchev–Trinajstić information content (AvgIpc) is 2.51. The minimum Gasteiger partial charge on any atom is -0.355 e. The van der Waals surface area contributed by atoms with Gasteiger partial charge in [-0.2, -0.15) is 0 Å². The normalized spacial score (nSPS) is 17.0. The molecule has 2 amide bonds. The molecule has 1 aliphatic rings. The minimum atomic E-state index is -0.209. The number of hydrogen-bond donors (Lipinski definition) is 2. The fourth-order valence-corrected chi connectivity index (χ4v) is 2.60.